The second-order valence-electron chi connectivity index (χ2n) is 9.47. The lowest BCUT2D eigenvalue weighted by molar-refractivity contribution is -0.127. The molecule has 7 nitrogen and oxygen atoms in total. The summed E-state index contributed by atoms with van der Waals surface area (Å²) in [6.45, 7) is 0.382. The number of para-hydroxylation sites is 2. The number of carbonyl (C=O) groups is 2. The summed E-state index contributed by atoms with van der Waals surface area (Å²) >= 11 is 0. The fourth-order valence-corrected chi connectivity index (χ4v) is 4.67. The summed E-state index contributed by atoms with van der Waals surface area (Å²) in [6, 6.07) is 17.8. The quantitative estimate of drug-likeness (QED) is 0.246. The molecule has 0 spiro atoms. The number of rotatable bonds is 10. The van der Waals surface area contributed by atoms with Gasteiger partial charge < -0.3 is 15.6 Å². The van der Waals surface area contributed by atoms with Crippen molar-refractivity contribution in [2.75, 3.05) is 5.73 Å². The molecule has 0 aliphatic heterocycles. The number of Topliss-reactive ketones (excluding diaryl/α,β-unsaturated/α-hetero) is 1. The molecule has 0 unspecified atom stereocenters. The minimum Gasteiger partial charge on any atom is -0.383 e. The smallest absolute Gasteiger partial charge is 0.222 e. The molecule has 40 heavy (non-hydrogen) atoms. The number of amides is 1. The summed E-state index contributed by atoms with van der Waals surface area (Å²) in [4.78, 5) is 34.6. The second kappa shape index (κ2) is 12.5. The highest BCUT2D eigenvalue weighted by Crippen LogP contribution is 2.21. The standard InChI is InChI=1S/C30H27F2N5O2.CH4/c31-23-9-6-20(16-24(23)32)17-26(36-29(39)12-14-37-18-35-25-3-1-2-4-27(25)37)28(38)10-7-19-5-8-22-21(15-19)11-13-34-30(22)33;/h1-6,8-9,11,13,15-16,18,26H,7,10,12,14,17H2,(H2,33,34)(H,36,39);1H4/t26-;/m0./s1. The summed E-state index contributed by atoms with van der Waals surface area (Å²) in [5.74, 6) is -2.04. The SMILES string of the molecule is C.Nc1nccc2cc(CCC(=O)[C@H](Cc3ccc(F)c(F)c3)NC(=O)CCn3cnc4ccccc43)ccc12. The molecule has 0 radical (unpaired) electrons. The lowest BCUT2D eigenvalue weighted by Gasteiger charge is -2.18. The number of ketones is 1. The first-order valence-electron chi connectivity index (χ1n) is 12.7. The number of nitrogens with one attached hydrogen (secondary N) is 1. The topological polar surface area (TPSA) is 103 Å². The summed E-state index contributed by atoms with van der Waals surface area (Å²) in [5.41, 5.74) is 9.03. The Morgan fingerprint density at radius 1 is 0.925 bits per heavy atom. The number of nitrogen functional groups attached to an aromatic ring is 1. The molecule has 0 saturated carbocycles. The van der Waals surface area contributed by atoms with Gasteiger partial charge in [0.1, 0.15) is 5.82 Å². The number of aromatic nitrogens is 3. The molecule has 0 fully saturated rings. The van der Waals surface area contributed by atoms with Gasteiger partial charge in [-0.2, -0.15) is 0 Å². The largest absolute Gasteiger partial charge is 0.383 e. The van der Waals surface area contributed by atoms with Gasteiger partial charge in [-0.3, -0.25) is 9.59 Å². The average Bonchev–Trinajstić information content (AvgIpc) is 3.35. The molecule has 0 saturated heterocycles. The first-order chi connectivity index (χ1) is 18.9. The van der Waals surface area contributed by atoms with E-state index < -0.39 is 17.7 Å². The molecule has 9 heteroatoms. The Labute approximate surface area is 231 Å². The van der Waals surface area contributed by atoms with Gasteiger partial charge in [-0.25, -0.2) is 18.7 Å². The van der Waals surface area contributed by atoms with Crippen molar-refractivity contribution in [3.8, 4) is 0 Å². The van der Waals surface area contributed by atoms with Crippen LogP contribution in [0, 0.1) is 11.6 Å². The maximum absolute atomic E-state index is 13.9. The monoisotopic (exact) mass is 543 g/mol. The number of fused-ring (bicyclic) bond motifs is 2. The van der Waals surface area contributed by atoms with Crippen LogP contribution >= 0.6 is 0 Å². The summed E-state index contributed by atoms with van der Waals surface area (Å²) in [6.07, 6.45) is 4.09. The fourth-order valence-electron chi connectivity index (χ4n) is 4.67. The predicted molar refractivity (Wildman–Crippen MR) is 153 cm³/mol. The first kappa shape index (κ1) is 28.4. The van der Waals surface area contributed by atoms with E-state index in [-0.39, 0.29) is 38.4 Å². The number of nitrogens with two attached hydrogens (primary N) is 1. The average molecular weight is 544 g/mol. The summed E-state index contributed by atoms with van der Waals surface area (Å²) in [7, 11) is 0. The van der Waals surface area contributed by atoms with Gasteiger partial charge >= 0.3 is 0 Å². The number of pyridine rings is 1. The van der Waals surface area contributed by atoms with E-state index in [1.54, 1.807) is 12.5 Å². The van der Waals surface area contributed by atoms with Crippen LogP contribution in [-0.2, 0) is 29.0 Å². The first-order valence-corrected chi connectivity index (χ1v) is 12.7. The lowest BCUT2D eigenvalue weighted by Crippen LogP contribution is -2.42. The van der Waals surface area contributed by atoms with E-state index in [2.05, 4.69) is 15.3 Å². The van der Waals surface area contributed by atoms with Crippen molar-refractivity contribution in [3.05, 3.63) is 102 Å². The molecule has 1 amide bonds. The fraction of sp³-hybridized carbons (Fsp3) is 0.226. The number of carbonyl (C=O) groups excluding carboxylic acids is 2. The van der Waals surface area contributed by atoms with Crippen molar-refractivity contribution in [1.82, 2.24) is 19.9 Å². The number of benzene rings is 3. The number of nitrogens with zero attached hydrogens (tertiary/aromatic N) is 3. The molecule has 1 atom stereocenters. The number of hydrogen-bond acceptors (Lipinski definition) is 5. The third kappa shape index (κ3) is 6.48. The van der Waals surface area contributed by atoms with E-state index in [0.29, 0.717) is 24.3 Å². The Hall–Kier alpha value is -4.66. The van der Waals surface area contributed by atoms with Gasteiger partial charge in [0, 0.05) is 31.0 Å². The Bertz CT molecular complexity index is 1670. The number of anilines is 1. The van der Waals surface area contributed by atoms with E-state index in [1.807, 2.05) is 53.1 Å². The second-order valence-corrected chi connectivity index (χ2v) is 9.47. The minimum absolute atomic E-state index is 0. The van der Waals surface area contributed by atoms with Crippen molar-refractivity contribution in [2.45, 2.75) is 45.7 Å². The van der Waals surface area contributed by atoms with Gasteiger partial charge in [-0.1, -0.05) is 43.8 Å². The normalized spacial score (nSPS) is 11.8. The van der Waals surface area contributed by atoms with Crippen molar-refractivity contribution in [2.24, 2.45) is 0 Å². The highest BCUT2D eigenvalue weighted by atomic mass is 19.2. The van der Waals surface area contributed by atoms with E-state index in [9.17, 15) is 18.4 Å². The third-order valence-electron chi connectivity index (χ3n) is 6.77. The maximum Gasteiger partial charge on any atom is 0.222 e. The zero-order valence-electron chi connectivity index (χ0n) is 21.1. The van der Waals surface area contributed by atoms with Gasteiger partial charge in [-0.05, 0) is 59.7 Å². The van der Waals surface area contributed by atoms with Crippen LogP contribution in [0.3, 0.4) is 0 Å². The van der Waals surface area contributed by atoms with Crippen LogP contribution in [0.1, 0.15) is 31.4 Å². The predicted octanol–water partition coefficient (Wildman–Crippen LogP) is 5.40. The van der Waals surface area contributed by atoms with E-state index in [1.165, 1.54) is 6.07 Å². The van der Waals surface area contributed by atoms with E-state index in [0.717, 1.165) is 39.5 Å². The third-order valence-corrected chi connectivity index (χ3v) is 6.77. The van der Waals surface area contributed by atoms with E-state index in [4.69, 9.17) is 5.73 Å². The van der Waals surface area contributed by atoms with Gasteiger partial charge in [0.2, 0.25) is 5.91 Å². The van der Waals surface area contributed by atoms with Crippen LogP contribution < -0.4 is 11.1 Å². The van der Waals surface area contributed by atoms with Crippen LogP contribution in [0.25, 0.3) is 21.8 Å². The Kier molecular flexibility index (Phi) is 8.83. The molecular formula is C31H31F2N5O2. The van der Waals surface area contributed by atoms with Gasteiger partial charge in [-0.15, -0.1) is 0 Å². The number of halogens is 2. The minimum atomic E-state index is -0.998. The molecule has 5 rings (SSSR count). The molecule has 2 aromatic heterocycles. The summed E-state index contributed by atoms with van der Waals surface area (Å²) < 4.78 is 29.2. The van der Waals surface area contributed by atoms with Gasteiger partial charge in [0.15, 0.2) is 17.4 Å². The molecule has 5 aromatic rings. The zero-order valence-corrected chi connectivity index (χ0v) is 21.1. The van der Waals surface area contributed by atoms with Crippen LogP contribution in [0.4, 0.5) is 14.6 Å². The Morgan fingerprint density at radius 2 is 1.73 bits per heavy atom. The Balaban J connectivity index is 0.00000370. The Morgan fingerprint density at radius 3 is 2.55 bits per heavy atom. The van der Waals surface area contributed by atoms with Gasteiger partial charge in [0.25, 0.3) is 0 Å². The molecule has 0 aliphatic rings. The van der Waals surface area contributed by atoms with Crippen LogP contribution in [-0.4, -0.2) is 32.3 Å². The van der Waals surface area contributed by atoms with Crippen molar-refractivity contribution < 1.29 is 18.4 Å². The van der Waals surface area contributed by atoms with Crippen LogP contribution in [0.5, 0.6) is 0 Å². The molecule has 0 aliphatic carbocycles. The molecule has 2 heterocycles. The highest BCUT2D eigenvalue weighted by molar-refractivity contribution is 5.92. The number of imidazole rings is 1. The maximum atomic E-state index is 13.9. The lowest BCUT2D eigenvalue weighted by atomic mass is 9.96. The molecule has 0 bridgehead atoms. The summed E-state index contributed by atoms with van der Waals surface area (Å²) in [5, 5.41) is 4.58. The van der Waals surface area contributed by atoms with Gasteiger partial charge in [0.05, 0.1) is 23.4 Å². The van der Waals surface area contributed by atoms with Crippen LogP contribution in [0.2, 0.25) is 0 Å². The molecule has 206 valence electrons. The molecule has 3 aromatic carbocycles. The number of hydrogen-bond donors (Lipinski definition) is 2. The van der Waals surface area contributed by atoms with E-state index >= 15 is 0 Å². The molecular weight excluding hydrogens is 512 g/mol. The van der Waals surface area contributed by atoms with Crippen molar-refractivity contribution in [3.63, 3.8) is 0 Å². The highest BCUT2D eigenvalue weighted by Gasteiger charge is 2.22. The van der Waals surface area contributed by atoms with Crippen molar-refractivity contribution in [1.29, 1.82) is 0 Å². The number of aryl methyl sites for hydroxylation is 2. The zero-order chi connectivity index (χ0) is 27.4. The van der Waals surface area contributed by atoms with Crippen molar-refractivity contribution >= 4 is 39.3 Å². The molecule has 3 N–H and O–H groups in total. The van der Waals surface area contributed by atoms with Crippen LogP contribution in [0.15, 0.2) is 79.3 Å².